The highest BCUT2D eigenvalue weighted by atomic mass is 16.4. The molecule has 0 aliphatic heterocycles. The summed E-state index contributed by atoms with van der Waals surface area (Å²) in [6, 6.07) is 16.7. The molecule has 0 saturated carbocycles. The minimum Gasteiger partial charge on any atom is -0.481 e. The third-order valence-corrected chi connectivity index (χ3v) is 3.24. The lowest BCUT2D eigenvalue weighted by Gasteiger charge is -1.92. The van der Waals surface area contributed by atoms with E-state index in [9.17, 15) is 19.2 Å². The maximum atomic E-state index is 9.90. The Morgan fingerprint density at radius 2 is 0.750 bits per heavy atom. The average Bonchev–Trinajstić information content (AvgIpc) is 2.64. The predicted molar refractivity (Wildman–Crippen MR) is 102 cm³/mol. The number of fused-ring (bicyclic) bond motifs is 1. The molecule has 0 heterocycles. The van der Waals surface area contributed by atoms with E-state index in [1.807, 2.05) is 0 Å². The van der Waals surface area contributed by atoms with Gasteiger partial charge in [0.25, 0.3) is 0 Å². The molecule has 0 bridgehead atoms. The van der Waals surface area contributed by atoms with E-state index in [2.05, 4.69) is 48.5 Å². The lowest BCUT2D eigenvalue weighted by Crippen LogP contribution is -2.00. The molecule has 28 heavy (non-hydrogen) atoms. The molecule has 8 nitrogen and oxygen atoms in total. The van der Waals surface area contributed by atoms with Crippen molar-refractivity contribution in [3.8, 4) is 0 Å². The molecule has 0 aliphatic rings. The van der Waals surface area contributed by atoms with Crippen molar-refractivity contribution in [2.24, 2.45) is 0 Å². The first kappa shape index (κ1) is 24.6. The van der Waals surface area contributed by atoms with Gasteiger partial charge in [0.05, 0.1) is 12.8 Å². The number of carboxylic acids is 4. The number of unbranched alkanes of at least 4 members (excludes halogenated alkanes) is 1. The molecule has 0 radical (unpaired) electrons. The van der Waals surface area contributed by atoms with Crippen LogP contribution in [0.1, 0.15) is 38.5 Å². The molecule has 0 saturated heterocycles. The van der Waals surface area contributed by atoms with Crippen LogP contribution in [-0.2, 0) is 19.2 Å². The van der Waals surface area contributed by atoms with E-state index >= 15 is 0 Å². The first-order valence-corrected chi connectivity index (χ1v) is 8.53. The molecule has 152 valence electrons. The van der Waals surface area contributed by atoms with E-state index in [1.165, 1.54) is 10.8 Å². The van der Waals surface area contributed by atoms with Gasteiger partial charge in [0.1, 0.15) is 0 Å². The minimum atomic E-state index is -1.08. The maximum absolute atomic E-state index is 9.90. The molecule has 0 aromatic heterocycles. The fourth-order valence-electron chi connectivity index (χ4n) is 1.90. The van der Waals surface area contributed by atoms with Gasteiger partial charge in [-0.25, -0.2) is 0 Å². The van der Waals surface area contributed by atoms with Crippen molar-refractivity contribution in [3.05, 3.63) is 48.5 Å². The van der Waals surface area contributed by atoms with Gasteiger partial charge in [0.15, 0.2) is 0 Å². The zero-order chi connectivity index (χ0) is 21.4. The quantitative estimate of drug-likeness (QED) is 0.499. The summed E-state index contributed by atoms with van der Waals surface area (Å²) in [5, 5.41) is 34.7. The average molecular weight is 392 g/mol. The molecular weight excluding hydrogens is 368 g/mol. The van der Waals surface area contributed by atoms with Crippen LogP contribution in [0.4, 0.5) is 0 Å². The van der Waals surface area contributed by atoms with E-state index < -0.39 is 23.9 Å². The van der Waals surface area contributed by atoms with Crippen molar-refractivity contribution in [1.82, 2.24) is 0 Å². The molecule has 0 aliphatic carbocycles. The molecule has 0 atom stereocenters. The van der Waals surface area contributed by atoms with Crippen LogP contribution in [0.25, 0.3) is 10.8 Å². The maximum Gasteiger partial charge on any atom is 0.303 e. The summed E-state index contributed by atoms with van der Waals surface area (Å²) in [4.78, 5) is 39.1. The Morgan fingerprint density at radius 3 is 0.964 bits per heavy atom. The van der Waals surface area contributed by atoms with Crippen molar-refractivity contribution in [2.45, 2.75) is 38.5 Å². The van der Waals surface area contributed by atoms with Gasteiger partial charge in [-0.2, -0.15) is 0 Å². The standard InChI is InChI=1S/C10H8.C6H10O4.C4H6O4/c1-2-6-10-8-4-3-7-9(10)5-1;7-5(8)3-1-2-4-6(9)10;5-3(6)1-2-4(7)8/h1-8H;1-4H2,(H,7,8)(H,9,10);1-2H2,(H,5,6)(H,7,8). The SMILES string of the molecule is O=C(O)CCC(=O)O.O=C(O)CCCCC(=O)O.c1ccc2ccccc2c1. The first-order valence-electron chi connectivity index (χ1n) is 8.53. The van der Waals surface area contributed by atoms with Gasteiger partial charge >= 0.3 is 23.9 Å². The summed E-state index contributed by atoms with van der Waals surface area (Å²) in [7, 11) is 0. The number of carboxylic acid groups (broad SMARTS) is 4. The number of hydrogen-bond acceptors (Lipinski definition) is 4. The molecule has 2 aromatic rings. The number of benzene rings is 2. The molecule has 2 rings (SSSR count). The zero-order valence-electron chi connectivity index (χ0n) is 15.3. The smallest absolute Gasteiger partial charge is 0.303 e. The van der Waals surface area contributed by atoms with Gasteiger partial charge in [0.2, 0.25) is 0 Å². The van der Waals surface area contributed by atoms with Gasteiger partial charge in [-0.15, -0.1) is 0 Å². The largest absolute Gasteiger partial charge is 0.481 e. The molecule has 4 N–H and O–H groups in total. The second-order valence-electron chi connectivity index (χ2n) is 5.63. The monoisotopic (exact) mass is 392 g/mol. The van der Waals surface area contributed by atoms with Gasteiger partial charge in [0, 0.05) is 12.8 Å². The fourth-order valence-corrected chi connectivity index (χ4v) is 1.90. The van der Waals surface area contributed by atoms with Crippen LogP contribution in [0.3, 0.4) is 0 Å². The fraction of sp³-hybridized carbons (Fsp3) is 0.300. The van der Waals surface area contributed by atoms with Crippen LogP contribution in [0.2, 0.25) is 0 Å². The molecule has 2 aromatic carbocycles. The Kier molecular flexibility index (Phi) is 12.9. The molecule has 0 amide bonds. The van der Waals surface area contributed by atoms with Crippen molar-refractivity contribution in [1.29, 1.82) is 0 Å². The predicted octanol–water partition coefficient (Wildman–Crippen LogP) is 3.49. The summed E-state index contributed by atoms with van der Waals surface area (Å²) in [5.41, 5.74) is 0. The highest BCUT2D eigenvalue weighted by Crippen LogP contribution is 2.11. The lowest BCUT2D eigenvalue weighted by atomic mass is 10.1. The van der Waals surface area contributed by atoms with E-state index in [0.717, 1.165) is 0 Å². The third kappa shape index (κ3) is 14.9. The lowest BCUT2D eigenvalue weighted by molar-refractivity contribution is -0.143. The normalized spacial score (nSPS) is 9.29. The number of hydrogen-bond donors (Lipinski definition) is 4. The molecule has 0 unspecified atom stereocenters. The van der Waals surface area contributed by atoms with E-state index in [1.54, 1.807) is 0 Å². The van der Waals surface area contributed by atoms with Crippen LogP contribution in [0, 0.1) is 0 Å². The minimum absolute atomic E-state index is 0.0628. The van der Waals surface area contributed by atoms with Gasteiger partial charge < -0.3 is 20.4 Å². The van der Waals surface area contributed by atoms with Crippen LogP contribution in [0.5, 0.6) is 0 Å². The van der Waals surface area contributed by atoms with E-state index in [4.69, 9.17) is 20.4 Å². The Morgan fingerprint density at radius 1 is 0.500 bits per heavy atom. The Labute approximate surface area is 162 Å². The third-order valence-electron chi connectivity index (χ3n) is 3.24. The van der Waals surface area contributed by atoms with Gasteiger partial charge in [-0.1, -0.05) is 48.5 Å². The highest BCUT2D eigenvalue weighted by Gasteiger charge is 2.00. The number of aliphatic carboxylic acids is 4. The van der Waals surface area contributed by atoms with Crippen LogP contribution in [-0.4, -0.2) is 44.3 Å². The molecular formula is C20H24O8. The Hall–Kier alpha value is -3.42. The topological polar surface area (TPSA) is 149 Å². The van der Waals surface area contributed by atoms with Crippen LogP contribution in [0.15, 0.2) is 48.5 Å². The number of carbonyl (C=O) groups is 4. The summed E-state index contributed by atoms with van der Waals surface area (Å²) >= 11 is 0. The molecule has 0 spiro atoms. The summed E-state index contributed by atoms with van der Waals surface area (Å²) in [6.45, 7) is 0. The molecule has 0 fully saturated rings. The van der Waals surface area contributed by atoms with E-state index in [-0.39, 0.29) is 25.7 Å². The zero-order valence-corrected chi connectivity index (χ0v) is 15.3. The second kappa shape index (κ2) is 14.7. The van der Waals surface area contributed by atoms with Crippen LogP contribution < -0.4 is 0 Å². The Balaban J connectivity index is 0.000000394. The van der Waals surface area contributed by atoms with Crippen molar-refractivity contribution < 1.29 is 39.6 Å². The molecule has 8 heteroatoms. The highest BCUT2D eigenvalue weighted by molar-refractivity contribution is 5.82. The number of rotatable bonds is 8. The van der Waals surface area contributed by atoms with Crippen LogP contribution >= 0.6 is 0 Å². The Bertz CT molecular complexity index is 674. The van der Waals surface area contributed by atoms with Crippen molar-refractivity contribution in [3.63, 3.8) is 0 Å². The van der Waals surface area contributed by atoms with Gasteiger partial charge in [-0.05, 0) is 23.6 Å². The summed E-state index contributed by atoms with van der Waals surface area (Å²) in [6.07, 6.45) is 0.425. The first-order chi connectivity index (χ1) is 13.2. The van der Waals surface area contributed by atoms with E-state index in [0.29, 0.717) is 12.8 Å². The van der Waals surface area contributed by atoms with Gasteiger partial charge in [-0.3, -0.25) is 19.2 Å². The second-order valence-corrected chi connectivity index (χ2v) is 5.63. The summed E-state index contributed by atoms with van der Waals surface area (Å²) < 4.78 is 0. The summed E-state index contributed by atoms with van der Waals surface area (Å²) in [5.74, 6) is -3.89. The van der Waals surface area contributed by atoms with Crippen molar-refractivity contribution >= 4 is 34.6 Å². The van der Waals surface area contributed by atoms with Crippen molar-refractivity contribution in [2.75, 3.05) is 0 Å².